The normalized spacial score (nSPS) is 10.9. The predicted octanol–water partition coefficient (Wildman–Crippen LogP) is 5.46. The maximum Gasteiger partial charge on any atom is 0.258 e. The molecule has 1 aromatic heterocycles. The molecule has 0 aliphatic rings. The molecule has 0 bridgehead atoms. The van der Waals surface area contributed by atoms with Gasteiger partial charge in [0.05, 0.1) is 5.69 Å². The number of thiocarbonyl (C=S) groups is 1. The van der Waals surface area contributed by atoms with Gasteiger partial charge in [-0.05, 0) is 65.5 Å². The average Bonchev–Trinajstić information content (AvgIpc) is 3.23. The number of benzene rings is 4. The van der Waals surface area contributed by atoms with Gasteiger partial charge in [0.15, 0.2) is 5.11 Å². The van der Waals surface area contributed by atoms with E-state index in [-0.39, 0.29) is 11.0 Å². The van der Waals surface area contributed by atoms with Crippen LogP contribution in [0.4, 0.5) is 5.69 Å². The Hall–Kier alpha value is -3.62. The third-order valence-corrected chi connectivity index (χ3v) is 5.86. The lowest BCUT2D eigenvalue weighted by atomic mass is 10.0. The minimum absolute atomic E-state index is 0.205. The summed E-state index contributed by atoms with van der Waals surface area (Å²) in [7, 11) is 0. The summed E-state index contributed by atoms with van der Waals surface area (Å²) in [6.07, 6.45) is 0. The minimum atomic E-state index is -0.276. The van der Waals surface area contributed by atoms with Crippen LogP contribution in [0, 0.1) is 0 Å². The quantitative estimate of drug-likeness (QED) is 0.321. The second-order valence-electron chi connectivity index (χ2n) is 7.08. The van der Waals surface area contributed by atoms with E-state index >= 15 is 0 Å². The molecule has 5 aromatic rings. The van der Waals surface area contributed by atoms with E-state index in [1.165, 1.54) is 0 Å². The van der Waals surface area contributed by atoms with Crippen molar-refractivity contribution in [1.29, 1.82) is 0 Å². The molecule has 0 radical (unpaired) electrons. The first-order valence-electron chi connectivity index (χ1n) is 9.80. The molecule has 4 aromatic carbocycles. The van der Waals surface area contributed by atoms with Gasteiger partial charge in [-0.2, -0.15) is 4.80 Å². The fraction of sp³-hybridized carbons (Fsp3) is 0. The van der Waals surface area contributed by atoms with E-state index in [0.29, 0.717) is 16.8 Å². The molecule has 0 atom stereocenters. The first-order valence-corrected chi connectivity index (χ1v) is 11.0. The highest BCUT2D eigenvalue weighted by molar-refractivity contribution is 9.10. The van der Waals surface area contributed by atoms with Crippen molar-refractivity contribution in [3.63, 3.8) is 0 Å². The van der Waals surface area contributed by atoms with E-state index in [9.17, 15) is 4.79 Å². The van der Waals surface area contributed by atoms with Crippen molar-refractivity contribution < 1.29 is 4.79 Å². The molecule has 0 unspecified atom stereocenters. The van der Waals surface area contributed by atoms with Crippen molar-refractivity contribution in [3.8, 4) is 5.69 Å². The van der Waals surface area contributed by atoms with Crippen LogP contribution in [-0.2, 0) is 0 Å². The van der Waals surface area contributed by atoms with Crippen LogP contribution >= 0.6 is 28.1 Å². The summed E-state index contributed by atoms with van der Waals surface area (Å²) in [5.74, 6) is -0.276. The Morgan fingerprint density at radius 1 is 0.844 bits per heavy atom. The highest BCUT2D eigenvalue weighted by Gasteiger charge is 2.13. The van der Waals surface area contributed by atoms with E-state index in [0.717, 1.165) is 26.4 Å². The van der Waals surface area contributed by atoms with Crippen LogP contribution in [-0.4, -0.2) is 26.0 Å². The lowest BCUT2D eigenvalue weighted by molar-refractivity contribution is 0.0979. The topological polar surface area (TPSA) is 71.8 Å². The molecule has 0 spiro atoms. The molecule has 1 heterocycles. The summed E-state index contributed by atoms with van der Waals surface area (Å²) in [5.41, 5.74) is 3.61. The van der Waals surface area contributed by atoms with Crippen LogP contribution in [0.3, 0.4) is 0 Å². The van der Waals surface area contributed by atoms with Gasteiger partial charge in [0, 0.05) is 15.7 Å². The van der Waals surface area contributed by atoms with Gasteiger partial charge in [-0.25, -0.2) is 0 Å². The van der Waals surface area contributed by atoms with Gasteiger partial charge in [-0.15, -0.1) is 10.2 Å². The number of nitrogens with one attached hydrogen (secondary N) is 2. The van der Waals surface area contributed by atoms with Crippen LogP contribution in [0.2, 0.25) is 0 Å². The number of carbonyl (C=O) groups excluding carboxylic acids is 1. The first-order chi connectivity index (χ1) is 15.6. The molecule has 0 aliphatic heterocycles. The lowest BCUT2D eigenvalue weighted by Gasteiger charge is -2.11. The minimum Gasteiger partial charge on any atom is -0.332 e. The Kier molecular flexibility index (Phi) is 5.38. The SMILES string of the molecule is O=C(NC(=S)Nc1ccc2nn(-c3ccccc3)nc2c1)c1cccc2c(Br)cccc12. The maximum atomic E-state index is 12.9. The number of rotatable bonds is 3. The maximum absolute atomic E-state index is 12.9. The first kappa shape index (κ1) is 20.3. The van der Waals surface area contributed by atoms with Crippen LogP contribution in [0.5, 0.6) is 0 Å². The summed E-state index contributed by atoms with van der Waals surface area (Å²) in [4.78, 5) is 14.5. The third kappa shape index (κ3) is 3.98. The van der Waals surface area contributed by atoms with Crippen molar-refractivity contribution in [2.24, 2.45) is 0 Å². The zero-order chi connectivity index (χ0) is 22.1. The fourth-order valence-corrected chi connectivity index (χ4v) is 4.18. The molecule has 5 rings (SSSR count). The molecule has 6 nitrogen and oxygen atoms in total. The van der Waals surface area contributed by atoms with Crippen LogP contribution in [0.1, 0.15) is 10.4 Å². The molecule has 0 fully saturated rings. The van der Waals surface area contributed by atoms with Gasteiger partial charge in [0.2, 0.25) is 0 Å². The Labute approximate surface area is 197 Å². The number of fused-ring (bicyclic) bond motifs is 2. The van der Waals surface area contributed by atoms with E-state index in [1.807, 2.05) is 78.9 Å². The largest absolute Gasteiger partial charge is 0.332 e. The molecule has 8 heteroatoms. The number of carbonyl (C=O) groups is 1. The molecule has 2 N–H and O–H groups in total. The third-order valence-electron chi connectivity index (χ3n) is 4.97. The summed E-state index contributed by atoms with van der Waals surface area (Å²) in [6.45, 7) is 0. The molecular formula is C24H16BrN5OS. The van der Waals surface area contributed by atoms with E-state index in [1.54, 1.807) is 10.9 Å². The lowest BCUT2D eigenvalue weighted by Crippen LogP contribution is -2.34. The van der Waals surface area contributed by atoms with Gasteiger partial charge in [-0.1, -0.05) is 58.4 Å². The molecule has 1 amide bonds. The van der Waals surface area contributed by atoms with Crippen molar-refractivity contribution in [1.82, 2.24) is 20.3 Å². The summed E-state index contributed by atoms with van der Waals surface area (Å²) in [6, 6.07) is 26.6. The molecule has 0 aliphatic carbocycles. The Morgan fingerprint density at radius 2 is 1.59 bits per heavy atom. The van der Waals surface area contributed by atoms with Crippen molar-refractivity contribution in [3.05, 3.63) is 95.0 Å². The van der Waals surface area contributed by atoms with Crippen molar-refractivity contribution >= 4 is 66.7 Å². The zero-order valence-corrected chi connectivity index (χ0v) is 19.0. The van der Waals surface area contributed by atoms with Crippen molar-refractivity contribution in [2.45, 2.75) is 0 Å². The highest BCUT2D eigenvalue weighted by atomic mass is 79.9. The van der Waals surface area contributed by atoms with E-state index in [4.69, 9.17) is 12.2 Å². The van der Waals surface area contributed by atoms with Crippen LogP contribution < -0.4 is 10.6 Å². The summed E-state index contributed by atoms with van der Waals surface area (Å²) >= 11 is 8.90. The Bertz CT molecular complexity index is 1480. The second-order valence-corrected chi connectivity index (χ2v) is 8.34. The number of hydrogen-bond donors (Lipinski definition) is 2. The standard InChI is InChI=1S/C24H16BrN5OS/c25-20-11-5-8-17-18(20)9-4-10-19(17)23(31)27-24(32)26-15-12-13-21-22(14-15)29-30(28-21)16-6-2-1-3-7-16/h1-14H,(H2,26,27,31,32). The highest BCUT2D eigenvalue weighted by Crippen LogP contribution is 2.26. The smallest absolute Gasteiger partial charge is 0.258 e. The van der Waals surface area contributed by atoms with Gasteiger partial charge in [0.1, 0.15) is 11.0 Å². The average molecular weight is 502 g/mol. The summed E-state index contributed by atoms with van der Waals surface area (Å²) in [5, 5.41) is 16.9. The van der Waals surface area contributed by atoms with E-state index in [2.05, 4.69) is 36.8 Å². The van der Waals surface area contributed by atoms with Crippen LogP contribution in [0.15, 0.2) is 89.4 Å². The van der Waals surface area contributed by atoms with E-state index < -0.39 is 0 Å². The number of anilines is 1. The molecule has 156 valence electrons. The van der Waals surface area contributed by atoms with Crippen LogP contribution in [0.25, 0.3) is 27.5 Å². The fourth-order valence-electron chi connectivity index (χ4n) is 3.47. The Morgan fingerprint density at radius 3 is 2.44 bits per heavy atom. The number of para-hydroxylation sites is 1. The van der Waals surface area contributed by atoms with Gasteiger partial charge in [-0.3, -0.25) is 10.1 Å². The number of aromatic nitrogens is 3. The second kappa shape index (κ2) is 8.49. The molecular weight excluding hydrogens is 486 g/mol. The number of nitrogens with zero attached hydrogens (tertiary/aromatic N) is 3. The molecule has 0 saturated heterocycles. The zero-order valence-electron chi connectivity index (χ0n) is 16.6. The van der Waals surface area contributed by atoms with Gasteiger partial charge in [0.25, 0.3) is 5.91 Å². The molecule has 32 heavy (non-hydrogen) atoms. The molecule has 0 saturated carbocycles. The number of halogens is 1. The van der Waals surface area contributed by atoms with Gasteiger partial charge >= 0.3 is 0 Å². The number of amides is 1. The monoisotopic (exact) mass is 501 g/mol. The summed E-state index contributed by atoms with van der Waals surface area (Å²) < 4.78 is 0.933. The number of hydrogen-bond acceptors (Lipinski definition) is 4. The predicted molar refractivity (Wildman–Crippen MR) is 134 cm³/mol. The Balaban J connectivity index is 1.34. The van der Waals surface area contributed by atoms with Crippen molar-refractivity contribution in [2.75, 3.05) is 5.32 Å². The van der Waals surface area contributed by atoms with Gasteiger partial charge < -0.3 is 5.32 Å².